The molecule has 0 radical (unpaired) electrons. The van der Waals surface area contributed by atoms with Crippen LogP contribution in [0.5, 0.6) is 0 Å². The number of benzene rings is 1. The average Bonchev–Trinajstić information content (AvgIpc) is 2.77. The van der Waals surface area contributed by atoms with Gasteiger partial charge in [-0.3, -0.25) is 4.79 Å². The van der Waals surface area contributed by atoms with Gasteiger partial charge >= 0.3 is 0 Å². The maximum Gasteiger partial charge on any atom is 0.267 e. The van der Waals surface area contributed by atoms with Gasteiger partial charge in [-0.25, -0.2) is 9.55 Å². The Morgan fingerprint density at radius 3 is 2.88 bits per heavy atom. The zero-order valence-electron chi connectivity index (χ0n) is 9.12. The normalized spacial score (nSPS) is 10.9. The van der Waals surface area contributed by atoms with Crippen molar-refractivity contribution in [2.75, 3.05) is 0 Å². The maximum atomic E-state index is 12.2. The van der Waals surface area contributed by atoms with Crippen LogP contribution >= 0.6 is 0 Å². The first kappa shape index (κ1) is 9.77. The standard InChI is InChI=1S/C12H9N3O2/c1-8-6-11(14-17-8)15-7-13-10-5-3-2-4-9(10)12(15)16/h2-7H,1H3. The van der Waals surface area contributed by atoms with E-state index in [-0.39, 0.29) is 5.56 Å². The quantitative estimate of drug-likeness (QED) is 0.634. The SMILES string of the molecule is Cc1cc(-n2cnc3ccccc3c2=O)no1. The van der Waals surface area contributed by atoms with Gasteiger partial charge in [0, 0.05) is 6.07 Å². The smallest absolute Gasteiger partial charge is 0.267 e. The van der Waals surface area contributed by atoms with E-state index in [1.807, 2.05) is 12.1 Å². The van der Waals surface area contributed by atoms with Crippen molar-refractivity contribution >= 4 is 10.9 Å². The zero-order valence-corrected chi connectivity index (χ0v) is 9.12. The van der Waals surface area contributed by atoms with Gasteiger partial charge in [0.1, 0.15) is 12.1 Å². The minimum absolute atomic E-state index is 0.149. The molecule has 5 nitrogen and oxygen atoms in total. The van der Waals surface area contributed by atoms with E-state index in [4.69, 9.17) is 4.52 Å². The van der Waals surface area contributed by atoms with Gasteiger partial charge in [-0.1, -0.05) is 17.3 Å². The third-order valence-corrected chi connectivity index (χ3v) is 2.53. The van der Waals surface area contributed by atoms with Crippen molar-refractivity contribution in [3.63, 3.8) is 0 Å². The van der Waals surface area contributed by atoms with Gasteiger partial charge in [0.2, 0.25) is 0 Å². The lowest BCUT2D eigenvalue weighted by atomic mass is 10.2. The summed E-state index contributed by atoms with van der Waals surface area (Å²) < 4.78 is 6.32. The Hall–Kier alpha value is -2.43. The lowest BCUT2D eigenvalue weighted by molar-refractivity contribution is 0.394. The van der Waals surface area contributed by atoms with Gasteiger partial charge in [-0.05, 0) is 19.1 Å². The largest absolute Gasteiger partial charge is 0.360 e. The number of hydrogen-bond donors (Lipinski definition) is 0. The van der Waals surface area contributed by atoms with Crippen LogP contribution in [0.3, 0.4) is 0 Å². The predicted octanol–water partition coefficient (Wildman–Crippen LogP) is 1.68. The van der Waals surface area contributed by atoms with E-state index in [0.29, 0.717) is 22.5 Å². The summed E-state index contributed by atoms with van der Waals surface area (Å²) in [4.78, 5) is 16.4. The Morgan fingerprint density at radius 2 is 2.12 bits per heavy atom. The highest BCUT2D eigenvalue weighted by atomic mass is 16.5. The van der Waals surface area contributed by atoms with Crippen LogP contribution in [0.4, 0.5) is 0 Å². The molecule has 0 spiro atoms. The molecular formula is C12H9N3O2. The van der Waals surface area contributed by atoms with Crippen molar-refractivity contribution in [3.8, 4) is 5.82 Å². The van der Waals surface area contributed by atoms with Gasteiger partial charge in [-0.15, -0.1) is 0 Å². The fourth-order valence-corrected chi connectivity index (χ4v) is 1.70. The molecule has 0 aliphatic heterocycles. The molecule has 2 heterocycles. The molecule has 3 aromatic rings. The van der Waals surface area contributed by atoms with Crippen LogP contribution in [0.2, 0.25) is 0 Å². The lowest BCUT2D eigenvalue weighted by Crippen LogP contribution is -2.18. The predicted molar refractivity (Wildman–Crippen MR) is 62.1 cm³/mol. The van der Waals surface area contributed by atoms with Gasteiger partial charge < -0.3 is 4.52 Å². The van der Waals surface area contributed by atoms with Crippen LogP contribution in [0, 0.1) is 6.92 Å². The van der Waals surface area contributed by atoms with E-state index in [1.54, 1.807) is 25.1 Å². The van der Waals surface area contributed by atoms with Crippen LogP contribution in [0.25, 0.3) is 16.7 Å². The second kappa shape index (κ2) is 3.55. The summed E-state index contributed by atoms with van der Waals surface area (Å²) in [6.07, 6.45) is 1.46. The second-order valence-electron chi connectivity index (χ2n) is 3.73. The van der Waals surface area contributed by atoms with Crippen LogP contribution < -0.4 is 5.56 Å². The summed E-state index contributed by atoms with van der Waals surface area (Å²) in [5.41, 5.74) is 0.526. The number of aryl methyl sites for hydroxylation is 1. The fraction of sp³-hybridized carbons (Fsp3) is 0.0833. The van der Waals surface area contributed by atoms with Gasteiger partial charge in [-0.2, -0.15) is 0 Å². The van der Waals surface area contributed by atoms with E-state index in [0.717, 1.165) is 0 Å². The molecular weight excluding hydrogens is 218 g/mol. The highest BCUT2D eigenvalue weighted by Gasteiger charge is 2.08. The minimum atomic E-state index is -0.149. The van der Waals surface area contributed by atoms with Crippen LogP contribution in [-0.2, 0) is 0 Å². The molecule has 0 saturated heterocycles. The summed E-state index contributed by atoms with van der Waals surface area (Å²) in [5.74, 6) is 1.10. The van der Waals surface area contributed by atoms with Gasteiger partial charge in [0.15, 0.2) is 5.82 Å². The van der Waals surface area contributed by atoms with Crippen LogP contribution in [-0.4, -0.2) is 14.7 Å². The fourth-order valence-electron chi connectivity index (χ4n) is 1.70. The topological polar surface area (TPSA) is 60.9 Å². The van der Waals surface area contributed by atoms with Crippen LogP contribution in [0.15, 0.2) is 46.0 Å². The molecule has 0 fully saturated rings. The first-order valence-corrected chi connectivity index (χ1v) is 5.16. The molecule has 5 heteroatoms. The molecule has 0 atom stereocenters. The first-order chi connectivity index (χ1) is 8.25. The van der Waals surface area contributed by atoms with Crippen LogP contribution in [0.1, 0.15) is 5.76 Å². The van der Waals surface area contributed by atoms with Crippen molar-refractivity contribution in [3.05, 3.63) is 52.8 Å². The average molecular weight is 227 g/mol. The zero-order chi connectivity index (χ0) is 11.8. The molecule has 0 bridgehead atoms. The molecule has 0 unspecified atom stereocenters. The summed E-state index contributed by atoms with van der Waals surface area (Å²) in [5, 5.41) is 4.37. The maximum absolute atomic E-state index is 12.2. The third kappa shape index (κ3) is 1.52. The Labute approximate surface area is 96.3 Å². The van der Waals surface area contributed by atoms with E-state index < -0.39 is 0 Å². The highest BCUT2D eigenvalue weighted by Crippen LogP contribution is 2.09. The molecule has 0 N–H and O–H groups in total. The number of fused-ring (bicyclic) bond motifs is 1. The Morgan fingerprint density at radius 1 is 1.29 bits per heavy atom. The summed E-state index contributed by atoms with van der Waals surface area (Å²) >= 11 is 0. The second-order valence-corrected chi connectivity index (χ2v) is 3.73. The van der Waals surface area contributed by atoms with E-state index in [2.05, 4.69) is 10.1 Å². The first-order valence-electron chi connectivity index (χ1n) is 5.16. The summed E-state index contributed by atoms with van der Waals surface area (Å²) in [6.45, 7) is 1.77. The molecule has 0 saturated carbocycles. The Bertz CT molecular complexity index is 743. The monoisotopic (exact) mass is 227 g/mol. The lowest BCUT2D eigenvalue weighted by Gasteiger charge is -2.01. The third-order valence-electron chi connectivity index (χ3n) is 2.53. The highest BCUT2D eigenvalue weighted by molar-refractivity contribution is 5.77. The molecule has 2 aromatic heterocycles. The number of nitrogens with zero attached hydrogens (tertiary/aromatic N) is 3. The summed E-state index contributed by atoms with van der Waals surface area (Å²) in [6, 6.07) is 8.89. The van der Waals surface area contributed by atoms with E-state index in [1.165, 1.54) is 10.9 Å². The number of hydrogen-bond acceptors (Lipinski definition) is 4. The van der Waals surface area contributed by atoms with Crippen molar-refractivity contribution in [2.24, 2.45) is 0 Å². The molecule has 17 heavy (non-hydrogen) atoms. The number of aromatic nitrogens is 3. The molecule has 0 amide bonds. The molecule has 1 aromatic carbocycles. The Kier molecular flexibility index (Phi) is 2.04. The molecule has 3 rings (SSSR count). The van der Waals surface area contributed by atoms with Crippen molar-refractivity contribution in [2.45, 2.75) is 6.92 Å². The molecule has 84 valence electrons. The van der Waals surface area contributed by atoms with Gasteiger partial charge in [0.05, 0.1) is 10.9 Å². The number of rotatable bonds is 1. The van der Waals surface area contributed by atoms with Crippen molar-refractivity contribution in [1.82, 2.24) is 14.7 Å². The Balaban J connectivity index is 2.32. The van der Waals surface area contributed by atoms with Crippen molar-refractivity contribution in [1.29, 1.82) is 0 Å². The molecule has 0 aliphatic carbocycles. The van der Waals surface area contributed by atoms with E-state index in [9.17, 15) is 4.79 Å². The summed E-state index contributed by atoms with van der Waals surface area (Å²) in [7, 11) is 0. The minimum Gasteiger partial charge on any atom is -0.360 e. The van der Waals surface area contributed by atoms with Crippen molar-refractivity contribution < 1.29 is 4.52 Å². The van der Waals surface area contributed by atoms with Gasteiger partial charge in [0.25, 0.3) is 5.56 Å². The van der Waals surface area contributed by atoms with E-state index >= 15 is 0 Å². The molecule has 0 aliphatic rings. The number of para-hydroxylation sites is 1.